The van der Waals surface area contributed by atoms with Crippen LogP contribution in [0.4, 0.5) is 10.8 Å². The smallest absolute Gasteiger partial charge is 0.248 e. The number of nitrogens with one attached hydrogen (secondary N) is 2. The normalized spacial score (nSPS) is 11.7. The molecule has 0 spiro atoms. The van der Waals surface area contributed by atoms with Crippen LogP contribution >= 0.6 is 11.3 Å². The molecule has 1 aromatic carbocycles. The highest BCUT2D eigenvalue weighted by Gasteiger charge is 2.17. The third-order valence-electron chi connectivity index (χ3n) is 2.82. The highest BCUT2D eigenvalue weighted by Crippen LogP contribution is 2.17. The average molecular weight is 291 g/mol. The maximum Gasteiger partial charge on any atom is 0.248 e. The summed E-state index contributed by atoms with van der Waals surface area (Å²) in [4.78, 5) is 16.2. The minimum atomic E-state index is -0.299. The molecule has 106 valence electrons. The number of amides is 1. The van der Waals surface area contributed by atoms with Gasteiger partial charge in [0.15, 0.2) is 5.13 Å². The monoisotopic (exact) mass is 291 g/mol. The van der Waals surface area contributed by atoms with Gasteiger partial charge in [0.25, 0.3) is 0 Å². The van der Waals surface area contributed by atoms with Crippen LogP contribution in [0, 0.1) is 0 Å². The minimum absolute atomic E-state index is 0.0849. The van der Waals surface area contributed by atoms with Crippen LogP contribution in [-0.4, -0.2) is 24.0 Å². The Bertz CT molecular complexity index is 540. The van der Waals surface area contributed by atoms with Crippen molar-refractivity contribution in [1.82, 2.24) is 4.98 Å². The average Bonchev–Trinajstić information content (AvgIpc) is 2.98. The van der Waals surface area contributed by atoms with Gasteiger partial charge >= 0.3 is 0 Å². The van der Waals surface area contributed by atoms with E-state index in [-0.39, 0.29) is 11.9 Å². The molecule has 0 saturated carbocycles. The fourth-order valence-corrected chi connectivity index (χ4v) is 2.25. The molecule has 2 N–H and O–H groups in total. The van der Waals surface area contributed by atoms with Crippen LogP contribution in [0.25, 0.3) is 0 Å². The van der Waals surface area contributed by atoms with E-state index in [1.54, 1.807) is 13.3 Å². The predicted octanol–water partition coefficient (Wildman–Crippen LogP) is 2.98. The quantitative estimate of drug-likeness (QED) is 0.859. The summed E-state index contributed by atoms with van der Waals surface area (Å²) in [6.45, 7) is 1.96. The number of aromatic nitrogens is 1. The summed E-state index contributed by atoms with van der Waals surface area (Å²) >= 11 is 1.40. The summed E-state index contributed by atoms with van der Waals surface area (Å²) in [7, 11) is 1.62. The molecular weight excluding hydrogens is 274 g/mol. The van der Waals surface area contributed by atoms with Crippen molar-refractivity contribution in [2.24, 2.45) is 0 Å². The van der Waals surface area contributed by atoms with Gasteiger partial charge in [0.1, 0.15) is 11.8 Å². The van der Waals surface area contributed by atoms with E-state index < -0.39 is 0 Å². The molecule has 0 saturated heterocycles. The second-order valence-electron chi connectivity index (χ2n) is 4.16. The number of ether oxygens (including phenoxy) is 1. The molecule has 2 rings (SSSR count). The number of carbonyl (C=O) groups excluding carboxylic acids is 1. The van der Waals surface area contributed by atoms with Crippen molar-refractivity contribution < 1.29 is 9.53 Å². The molecule has 6 heteroatoms. The van der Waals surface area contributed by atoms with E-state index >= 15 is 0 Å². The highest BCUT2D eigenvalue weighted by molar-refractivity contribution is 7.13. The maximum absolute atomic E-state index is 12.1. The highest BCUT2D eigenvalue weighted by atomic mass is 32.1. The van der Waals surface area contributed by atoms with Crippen molar-refractivity contribution in [2.75, 3.05) is 17.7 Å². The largest absolute Gasteiger partial charge is 0.497 e. The molecule has 0 radical (unpaired) electrons. The lowest BCUT2D eigenvalue weighted by atomic mass is 10.2. The predicted molar refractivity (Wildman–Crippen MR) is 81.4 cm³/mol. The van der Waals surface area contributed by atoms with Crippen molar-refractivity contribution in [3.05, 3.63) is 35.8 Å². The van der Waals surface area contributed by atoms with E-state index in [1.165, 1.54) is 11.3 Å². The Labute approximate surface area is 122 Å². The molecule has 0 bridgehead atoms. The second-order valence-corrected chi connectivity index (χ2v) is 5.05. The van der Waals surface area contributed by atoms with Crippen LogP contribution in [0.2, 0.25) is 0 Å². The Morgan fingerprint density at radius 2 is 2.15 bits per heavy atom. The van der Waals surface area contributed by atoms with Crippen LogP contribution in [0.5, 0.6) is 5.75 Å². The fourth-order valence-electron chi connectivity index (χ4n) is 1.72. The number of nitrogens with zero attached hydrogens (tertiary/aromatic N) is 1. The fraction of sp³-hybridized carbons (Fsp3) is 0.286. The molecule has 0 fully saturated rings. The number of anilines is 2. The molecule has 5 nitrogen and oxygen atoms in total. The Hall–Kier alpha value is -2.08. The molecule has 0 aliphatic rings. The van der Waals surface area contributed by atoms with E-state index in [0.717, 1.165) is 11.4 Å². The summed E-state index contributed by atoms with van der Waals surface area (Å²) in [5.74, 6) is 0.703. The van der Waals surface area contributed by atoms with Crippen molar-refractivity contribution in [3.8, 4) is 5.75 Å². The summed E-state index contributed by atoms with van der Waals surface area (Å²) in [6.07, 6.45) is 2.35. The van der Waals surface area contributed by atoms with Crippen molar-refractivity contribution in [3.63, 3.8) is 0 Å². The van der Waals surface area contributed by atoms with Crippen LogP contribution in [0.1, 0.15) is 13.3 Å². The first kappa shape index (κ1) is 14.3. The zero-order chi connectivity index (χ0) is 14.4. The van der Waals surface area contributed by atoms with Gasteiger partial charge in [-0.2, -0.15) is 0 Å². The molecule has 1 amide bonds. The van der Waals surface area contributed by atoms with Crippen molar-refractivity contribution in [2.45, 2.75) is 19.4 Å². The lowest BCUT2D eigenvalue weighted by Crippen LogP contribution is -2.34. The first-order valence-electron chi connectivity index (χ1n) is 6.34. The SMILES string of the molecule is CC[C@@H](Nc1ccc(OC)cc1)C(=O)Nc1nccs1. The van der Waals surface area contributed by atoms with E-state index in [0.29, 0.717) is 11.6 Å². The Morgan fingerprint density at radius 1 is 1.40 bits per heavy atom. The van der Waals surface area contributed by atoms with Crippen LogP contribution in [0.15, 0.2) is 35.8 Å². The number of methoxy groups -OCH3 is 1. The van der Waals surface area contributed by atoms with Gasteiger partial charge in [-0.05, 0) is 30.7 Å². The summed E-state index contributed by atoms with van der Waals surface area (Å²) in [5.41, 5.74) is 0.881. The first-order valence-corrected chi connectivity index (χ1v) is 7.22. The van der Waals surface area contributed by atoms with Crippen molar-refractivity contribution in [1.29, 1.82) is 0 Å². The molecule has 0 aliphatic carbocycles. The van der Waals surface area contributed by atoms with E-state index in [2.05, 4.69) is 15.6 Å². The van der Waals surface area contributed by atoms with Gasteiger partial charge in [-0.3, -0.25) is 4.79 Å². The number of carbonyl (C=O) groups is 1. The van der Waals surface area contributed by atoms with Gasteiger partial charge in [-0.1, -0.05) is 6.92 Å². The lowest BCUT2D eigenvalue weighted by Gasteiger charge is -2.17. The number of hydrogen-bond acceptors (Lipinski definition) is 5. The second kappa shape index (κ2) is 6.91. The Balaban J connectivity index is 1.98. The van der Waals surface area contributed by atoms with Gasteiger partial charge in [0, 0.05) is 17.3 Å². The van der Waals surface area contributed by atoms with Crippen LogP contribution in [-0.2, 0) is 4.79 Å². The summed E-state index contributed by atoms with van der Waals surface area (Å²) < 4.78 is 5.10. The van der Waals surface area contributed by atoms with Gasteiger partial charge in [0.2, 0.25) is 5.91 Å². The third-order valence-corrected chi connectivity index (χ3v) is 3.51. The van der Waals surface area contributed by atoms with Gasteiger partial charge in [0.05, 0.1) is 7.11 Å². The molecular formula is C14H17N3O2S. The zero-order valence-electron chi connectivity index (χ0n) is 11.4. The Kier molecular flexibility index (Phi) is 4.95. The standard InChI is InChI=1S/C14H17N3O2S/c1-3-12(13(18)17-14-15-8-9-20-14)16-10-4-6-11(19-2)7-5-10/h4-9,12,16H,3H2,1-2H3,(H,15,17,18)/t12-/m1/s1. The number of hydrogen-bond donors (Lipinski definition) is 2. The number of rotatable bonds is 6. The van der Waals surface area contributed by atoms with E-state index in [1.807, 2.05) is 36.6 Å². The zero-order valence-corrected chi connectivity index (χ0v) is 12.2. The van der Waals surface area contributed by atoms with Gasteiger partial charge in [-0.25, -0.2) is 4.98 Å². The number of thiazole rings is 1. The van der Waals surface area contributed by atoms with Crippen molar-refractivity contribution >= 4 is 28.1 Å². The lowest BCUT2D eigenvalue weighted by molar-refractivity contribution is -0.116. The molecule has 1 heterocycles. The molecule has 1 aromatic heterocycles. The topological polar surface area (TPSA) is 63.2 Å². The summed E-state index contributed by atoms with van der Waals surface area (Å²) in [6, 6.07) is 7.19. The molecule has 2 aromatic rings. The number of benzene rings is 1. The molecule has 1 atom stereocenters. The minimum Gasteiger partial charge on any atom is -0.497 e. The maximum atomic E-state index is 12.1. The third kappa shape index (κ3) is 3.71. The molecule has 20 heavy (non-hydrogen) atoms. The van der Waals surface area contributed by atoms with Gasteiger partial charge < -0.3 is 15.4 Å². The van der Waals surface area contributed by atoms with Gasteiger partial charge in [-0.15, -0.1) is 11.3 Å². The van der Waals surface area contributed by atoms with Crippen LogP contribution in [0.3, 0.4) is 0 Å². The summed E-state index contributed by atoms with van der Waals surface area (Å²) in [5, 5.41) is 8.44. The Morgan fingerprint density at radius 3 is 2.70 bits per heavy atom. The van der Waals surface area contributed by atoms with Crippen LogP contribution < -0.4 is 15.4 Å². The molecule has 0 aliphatic heterocycles. The first-order chi connectivity index (χ1) is 9.72. The van der Waals surface area contributed by atoms with E-state index in [9.17, 15) is 4.79 Å². The molecule has 0 unspecified atom stereocenters. The van der Waals surface area contributed by atoms with E-state index in [4.69, 9.17) is 4.74 Å².